The molecule has 1 fully saturated rings. The topological polar surface area (TPSA) is 42.0 Å². The Morgan fingerprint density at radius 2 is 1.86 bits per heavy atom. The lowest BCUT2D eigenvalue weighted by Crippen LogP contribution is -2.24. The van der Waals surface area contributed by atoms with Gasteiger partial charge in [0.25, 0.3) is 0 Å². The maximum atomic E-state index is 12.8. The third kappa shape index (κ3) is 3.88. The number of hydrogen-bond donors (Lipinski definition) is 1. The Morgan fingerprint density at radius 1 is 1.14 bits per heavy atom. The molecule has 1 heterocycles. The number of aromatic nitrogens is 1. The average molecular weight is 284 g/mol. The molecule has 1 aromatic carbocycles. The normalized spacial score (nSPS) is 14.0. The molecule has 1 saturated carbocycles. The molecule has 0 saturated heterocycles. The van der Waals surface area contributed by atoms with Crippen LogP contribution in [0.15, 0.2) is 42.6 Å². The molecular weight excluding hydrogens is 267 g/mol. The van der Waals surface area contributed by atoms with Crippen LogP contribution in [0.1, 0.15) is 35.6 Å². The van der Waals surface area contributed by atoms with E-state index in [1.165, 1.54) is 25.0 Å². The number of halogens is 1. The molecule has 3 rings (SSSR count). The van der Waals surface area contributed by atoms with Gasteiger partial charge in [0, 0.05) is 24.4 Å². The van der Waals surface area contributed by atoms with Gasteiger partial charge in [-0.25, -0.2) is 4.39 Å². The highest BCUT2D eigenvalue weighted by Crippen LogP contribution is 2.38. The Balaban J connectivity index is 1.49. The van der Waals surface area contributed by atoms with Crippen LogP contribution in [0.3, 0.4) is 0 Å². The van der Waals surface area contributed by atoms with Crippen molar-refractivity contribution in [1.82, 2.24) is 10.3 Å². The highest BCUT2D eigenvalue weighted by Gasteiger charge is 2.24. The second-order valence-corrected chi connectivity index (χ2v) is 5.45. The first-order valence-electron chi connectivity index (χ1n) is 7.17. The molecule has 0 radical (unpaired) electrons. The molecule has 1 aliphatic carbocycles. The monoisotopic (exact) mass is 284 g/mol. The number of carbonyl (C=O) groups excluding carboxylic acids is 1. The van der Waals surface area contributed by atoms with Gasteiger partial charge in [0.15, 0.2) is 0 Å². The molecule has 1 amide bonds. The van der Waals surface area contributed by atoms with E-state index in [1.54, 1.807) is 12.1 Å². The van der Waals surface area contributed by atoms with E-state index in [0.717, 1.165) is 16.8 Å². The Labute approximate surface area is 123 Å². The molecule has 3 nitrogen and oxygen atoms in total. The summed E-state index contributed by atoms with van der Waals surface area (Å²) in [5.74, 6) is 0.279. The van der Waals surface area contributed by atoms with Crippen LogP contribution in [-0.2, 0) is 17.8 Å². The molecule has 108 valence electrons. The zero-order valence-corrected chi connectivity index (χ0v) is 11.7. The van der Waals surface area contributed by atoms with Crippen molar-refractivity contribution in [2.75, 3.05) is 0 Å². The summed E-state index contributed by atoms with van der Waals surface area (Å²) in [6.07, 6.45) is 4.56. The van der Waals surface area contributed by atoms with Gasteiger partial charge in [0.1, 0.15) is 5.82 Å². The molecule has 0 unspecified atom stereocenters. The van der Waals surface area contributed by atoms with Gasteiger partial charge in [-0.05, 0) is 42.2 Å². The highest BCUT2D eigenvalue weighted by molar-refractivity contribution is 5.78. The minimum Gasteiger partial charge on any atom is -0.352 e. The van der Waals surface area contributed by atoms with E-state index >= 15 is 0 Å². The first-order valence-corrected chi connectivity index (χ1v) is 7.17. The van der Waals surface area contributed by atoms with Crippen LogP contribution < -0.4 is 5.32 Å². The van der Waals surface area contributed by atoms with Crippen LogP contribution in [0.25, 0.3) is 0 Å². The van der Waals surface area contributed by atoms with E-state index in [9.17, 15) is 9.18 Å². The van der Waals surface area contributed by atoms with Crippen LogP contribution in [0, 0.1) is 5.82 Å². The summed E-state index contributed by atoms with van der Waals surface area (Å²) in [6, 6.07) is 10.0. The number of carbonyl (C=O) groups is 1. The largest absolute Gasteiger partial charge is 0.352 e. The number of pyridine rings is 1. The predicted molar refractivity (Wildman–Crippen MR) is 78.2 cm³/mol. The predicted octanol–water partition coefficient (Wildman–Crippen LogP) is 2.96. The minimum atomic E-state index is -0.291. The summed E-state index contributed by atoms with van der Waals surface area (Å²) in [5, 5.41) is 2.85. The number of nitrogens with one attached hydrogen (secondary N) is 1. The molecule has 0 bridgehead atoms. The molecule has 4 heteroatoms. The fraction of sp³-hybridized carbons (Fsp3) is 0.294. The minimum absolute atomic E-state index is 0.0760. The third-order valence-corrected chi connectivity index (χ3v) is 3.61. The summed E-state index contributed by atoms with van der Waals surface area (Å²) in [4.78, 5) is 16.2. The number of benzene rings is 1. The van der Waals surface area contributed by atoms with Crippen LogP contribution in [0.4, 0.5) is 4.39 Å². The number of hydrogen-bond acceptors (Lipinski definition) is 2. The van der Waals surface area contributed by atoms with Crippen molar-refractivity contribution in [3.8, 4) is 0 Å². The van der Waals surface area contributed by atoms with Crippen molar-refractivity contribution in [1.29, 1.82) is 0 Å². The van der Waals surface area contributed by atoms with Gasteiger partial charge < -0.3 is 5.32 Å². The second-order valence-electron chi connectivity index (χ2n) is 5.45. The standard InChI is InChI=1S/C17H17FN2O/c18-15-6-1-12(2-7-15)9-17(21)20-11-13-3-8-16(19-10-13)14-4-5-14/h1-3,6-8,10,14H,4-5,9,11H2,(H,20,21). The molecule has 1 aromatic heterocycles. The van der Waals surface area contributed by atoms with E-state index in [4.69, 9.17) is 0 Å². The Bertz CT molecular complexity index is 618. The van der Waals surface area contributed by atoms with Gasteiger partial charge in [-0.3, -0.25) is 9.78 Å². The van der Waals surface area contributed by atoms with Gasteiger partial charge >= 0.3 is 0 Å². The second kappa shape index (κ2) is 6.04. The van der Waals surface area contributed by atoms with Gasteiger partial charge in [-0.15, -0.1) is 0 Å². The maximum Gasteiger partial charge on any atom is 0.224 e. The van der Waals surface area contributed by atoms with Gasteiger partial charge in [-0.2, -0.15) is 0 Å². The van der Waals surface area contributed by atoms with E-state index < -0.39 is 0 Å². The summed E-state index contributed by atoms with van der Waals surface area (Å²) < 4.78 is 12.8. The quantitative estimate of drug-likeness (QED) is 0.917. The molecule has 0 atom stereocenters. The van der Waals surface area contributed by atoms with Crippen molar-refractivity contribution < 1.29 is 9.18 Å². The first kappa shape index (κ1) is 13.7. The van der Waals surface area contributed by atoms with Gasteiger partial charge in [0.05, 0.1) is 6.42 Å². The van der Waals surface area contributed by atoms with Crippen LogP contribution in [0.2, 0.25) is 0 Å². The average Bonchev–Trinajstić information content (AvgIpc) is 3.33. The summed E-state index contributed by atoms with van der Waals surface area (Å²) >= 11 is 0. The maximum absolute atomic E-state index is 12.8. The zero-order valence-electron chi connectivity index (χ0n) is 11.7. The molecule has 1 aliphatic rings. The molecule has 0 aliphatic heterocycles. The summed E-state index contributed by atoms with van der Waals surface area (Å²) in [7, 11) is 0. The van der Waals surface area contributed by atoms with Gasteiger partial charge in [-0.1, -0.05) is 18.2 Å². The Morgan fingerprint density at radius 3 is 2.48 bits per heavy atom. The molecule has 0 spiro atoms. The van der Waals surface area contributed by atoms with E-state index in [1.807, 2.05) is 18.3 Å². The fourth-order valence-corrected chi connectivity index (χ4v) is 2.21. The van der Waals surface area contributed by atoms with Crippen molar-refractivity contribution in [3.05, 3.63) is 65.2 Å². The summed E-state index contributed by atoms with van der Waals surface area (Å²) in [5.41, 5.74) is 2.94. The van der Waals surface area contributed by atoms with E-state index in [-0.39, 0.29) is 18.1 Å². The van der Waals surface area contributed by atoms with E-state index in [2.05, 4.69) is 10.3 Å². The lowest BCUT2D eigenvalue weighted by molar-refractivity contribution is -0.120. The number of rotatable bonds is 5. The lowest BCUT2D eigenvalue weighted by atomic mass is 10.1. The number of nitrogens with zero attached hydrogens (tertiary/aromatic N) is 1. The SMILES string of the molecule is O=C(Cc1ccc(F)cc1)NCc1ccc(C2CC2)nc1. The van der Waals surface area contributed by atoms with Gasteiger partial charge in [0.2, 0.25) is 5.91 Å². The third-order valence-electron chi connectivity index (χ3n) is 3.61. The molecule has 1 N–H and O–H groups in total. The smallest absolute Gasteiger partial charge is 0.224 e. The summed E-state index contributed by atoms with van der Waals surface area (Å²) in [6.45, 7) is 0.470. The molecular formula is C17H17FN2O. The van der Waals surface area contributed by atoms with E-state index in [0.29, 0.717) is 12.5 Å². The van der Waals surface area contributed by atoms with Crippen molar-refractivity contribution >= 4 is 5.91 Å². The van der Waals surface area contributed by atoms with Crippen LogP contribution >= 0.6 is 0 Å². The van der Waals surface area contributed by atoms with Crippen molar-refractivity contribution in [3.63, 3.8) is 0 Å². The van der Waals surface area contributed by atoms with Crippen LogP contribution in [0.5, 0.6) is 0 Å². The fourth-order valence-electron chi connectivity index (χ4n) is 2.21. The lowest BCUT2D eigenvalue weighted by Gasteiger charge is -2.06. The van der Waals surface area contributed by atoms with Crippen molar-refractivity contribution in [2.45, 2.75) is 31.7 Å². The Kier molecular flexibility index (Phi) is 3.95. The highest BCUT2D eigenvalue weighted by atomic mass is 19.1. The van der Waals surface area contributed by atoms with Crippen LogP contribution in [-0.4, -0.2) is 10.9 Å². The van der Waals surface area contributed by atoms with Crippen molar-refractivity contribution in [2.24, 2.45) is 0 Å². The molecule has 21 heavy (non-hydrogen) atoms. The number of amides is 1. The Hall–Kier alpha value is -2.23. The molecule has 2 aromatic rings. The first-order chi connectivity index (χ1) is 10.2. The zero-order chi connectivity index (χ0) is 14.7.